The van der Waals surface area contributed by atoms with Gasteiger partial charge in [0.2, 0.25) is 0 Å². The average molecular weight is 252 g/mol. The molecule has 1 rings (SSSR count). The minimum Gasteiger partial charge on any atom is -0.467 e. The van der Waals surface area contributed by atoms with Gasteiger partial charge in [0.15, 0.2) is 6.04 Å². The smallest absolute Gasteiger partial charge is 0.330 e. The van der Waals surface area contributed by atoms with Gasteiger partial charge in [0.1, 0.15) is 0 Å². The van der Waals surface area contributed by atoms with E-state index in [-0.39, 0.29) is 0 Å². The number of hydrogen-bond acceptors (Lipinski definition) is 5. The van der Waals surface area contributed by atoms with Crippen molar-refractivity contribution in [1.82, 2.24) is 10.3 Å². The van der Waals surface area contributed by atoms with E-state index in [1.54, 1.807) is 19.1 Å². The standard InChI is InChI=1S/C12H16N2O4/c1-7-4-5-9(8(2)13-7)11(16)14-10(6-15)12(17)18-3/h4-5,10,15H,6H2,1-3H3,(H,14,16)/t10-/m0/s1. The van der Waals surface area contributed by atoms with Crippen LogP contribution in [0.5, 0.6) is 0 Å². The third kappa shape index (κ3) is 3.27. The number of aryl methyl sites for hydroxylation is 2. The van der Waals surface area contributed by atoms with Gasteiger partial charge in [-0.2, -0.15) is 0 Å². The number of pyridine rings is 1. The molecule has 0 aliphatic rings. The summed E-state index contributed by atoms with van der Waals surface area (Å²) in [6, 6.07) is 2.26. The number of aliphatic hydroxyl groups is 1. The van der Waals surface area contributed by atoms with E-state index in [0.29, 0.717) is 11.3 Å². The molecule has 0 saturated heterocycles. The molecule has 1 atom stereocenters. The molecule has 6 heteroatoms. The van der Waals surface area contributed by atoms with Crippen molar-refractivity contribution in [3.05, 3.63) is 29.1 Å². The van der Waals surface area contributed by atoms with Crippen molar-refractivity contribution < 1.29 is 19.4 Å². The molecule has 1 aromatic heterocycles. The van der Waals surface area contributed by atoms with Crippen molar-refractivity contribution in [3.63, 3.8) is 0 Å². The Morgan fingerprint density at radius 2 is 2.11 bits per heavy atom. The first-order valence-electron chi connectivity index (χ1n) is 5.43. The minimum atomic E-state index is -1.07. The van der Waals surface area contributed by atoms with E-state index >= 15 is 0 Å². The van der Waals surface area contributed by atoms with Crippen LogP contribution < -0.4 is 5.32 Å². The Balaban J connectivity index is 2.84. The number of carbonyl (C=O) groups is 2. The van der Waals surface area contributed by atoms with Gasteiger partial charge in [-0.15, -0.1) is 0 Å². The molecule has 0 aromatic carbocycles. The van der Waals surface area contributed by atoms with Gasteiger partial charge in [0.05, 0.1) is 25.0 Å². The van der Waals surface area contributed by atoms with E-state index in [1.807, 2.05) is 6.92 Å². The van der Waals surface area contributed by atoms with Crippen molar-refractivity contribution in [2.24, 2.45) is 0 Å². The third-order valence-corrected chi connectivity index (χ3v) is 2.44. The number of nitrogens with one attached hydrogen (secondary N) is 1. The van der Waals surface area contributed by atoms with Crippen molar-refractivity contribution in [3.8, 4) is 0 Å². The van der Waals surface area contributed by atoms with Gasteiger partial charge in [-0.25, -0.2) is 4.79 Å². The summed E-state index contributed by atoms with van der Waals surface area (Å²) in [6.45, 7) is 3.00. The quantitative estimate of drug-likeness (QED) is 0.734. The molecule has 0 bridgehead atoms. The third-order valence-electron chi connectivity index (χ3n) is 2.44. The monoisotopic (exact) mass is 252 g/mol. The zero-order valence-electron chi connectivity index (χ0n) is 10.6. The maximum absolute atomic E-state index is 11.9. The Morgan fingerprint density at radius 1 is 1.44 bits per heavy atom. The fourth-order valence-electron chi connectivity index (χ4n) is 1.48. The van der Waals surface area contributed by atoms with Crippen LogP contribution in [0.25, 0.3) is 0 Å². The summed E-state index contributed by atoms with van der Waals surface area (Å²) in [7, 11) is 1.19. The molecule has 0 aliphatic heterocycles. The van der Waals surface area contributed by atoms with Crippen LogP contribution in [0.2, 0.25) is 0 Å². The number of amides is 1. The van der Waals surface area contributed by atoms with Gasteiger partial charge in [0, 0.05) is 5.69 Å². The molecule has 6 nitrogen and oxygen atoms in total. The highest BCUT2D eigenvalue weighted by Gasteiger charge is 2.22. The normalized spacial score (nSPS) is 11.8. The SMILES string of the molecule is COC(=O)[C@H](CO)NC(=O)c1ccc(C)nc1C. The summed E-state index contributed by atoms with van der Waals surface area (Å²) >= 11 is 0. The average Bonchev–Trinajstić information content (AvgIpc) is 2.34. The Labute approximate surface area is 105 Å². The summed E-state index contributed by atoms with van der Waals surface area (Å²) in [5, 5.41) is 11.4. The maximum Gasteiger partial charge on any atom is 0.330 e. The fraction of sp³-hybridized carbons (Fsp3) is 0.417. The van der Waals surface area contributed by atoms with Crippen LogP contribution in [0.15, 0.2) is 12.1 Å². The predicted molar refractivity (Wildman–Crippen MR) is 64.1 cm³/mol. The van der Waals surface area contributed by atoms with Crippen molar-refractivity contribution in [2.75, 3.05) is 13.7 Å². The number of aliphatic hydroxyl groups excluding tert-OH is 1. The second-order valence-corrected chi connectivity index (χ2v) is 3.82. The molecule has 1 amide bonds. The Kier molecular flexibility index (Phi) is 4.79. The number of rotatable bonds is 4. The molecule has 0 aliphatic carbocycles. The van der Waals surface area contributed by atoms with Crippen molar-refractivity contribution in [1.29, 1.82) is 0 Å². The summed E-state index contributed by atoms with van der Waals surface area (Å²) < 4.78 is 4.46. The maximum atomic E-state index is 11.9. The van der Waals surface area contributed by atoms with Crippen molar-refractivity contribution in [2.45, 2.75) is 19.9 Å². The molecule has 0 saturated carbocycles. The van der Waals surface area contributed by atoms with Crippen LogP contribution in [0.3, 0.4) is 0 Å². The van der Waals surface area contributed by atoms with E-state index in [0.717, 1.165) is 5.69 Å². The van der Waals surface area contributed by atoms with Crippen LogP contribution in [0.1, 0.15) is 21.7 Å². The van der Waals surface area contributed by atoms with Crippen LogP contribution in [-0.2, 0) is 9.53 Å². The fourth-order valence-corrected chi connectivity index (χ4v) is 1.48. The summed E-state index contributed by atoms with van der Waals surface area (Å²) in [4.78, 5) is 27.3. The molecule has 1 heterocycles. The van der Waals surface area contributed by atoms with Crippen LogP contribution in [0.4, 0.5) is 0 Å². The van der Waals surface area contributed by atoms with Gasteiger partial charge in [-0.3, -0.25) is 9.78 Å². The molecule has 0 radical (unpaired) electrons. The van der Waals surface area contributed by atoms with Gasteiger partial charge in [0.25, 0.3) is 5.91 Å². The van der Waals surface area contributed by atoms with Crippen molar-refractivity contribution >= 4 is 11.9 Å². The number of esters is 1. The molecule has 0 unspecified atom stereocenters. The number of ether oxygens (including phenoxy) is 1. The second-order valence-electron chi connectivity index (χ2n) is 3.82. The zero-order chi connectivity index (χ0) is 13.7. The van der Waals surface area contributed by atoms with Crippen LogP contribution in [-0.4, -0.2) is 41.7 Å². The topological polar surface area (TPSA) is 88.5 Å². The first kappa shape index (κ1) is 14.1. The highest BCUT2D eigenvalue weighted by molar-refractivity contribution is 5.97. The number of carbonyl (C=O) groups excluding carboxylic acids is 2. The minimum absolute atomic E-state index is 0.364. The van der Waals surface area contributed by atoms with E-state index in [9.17, 15) is 9.59 Å². The lowest BCUT2D eigenvalue weighted by molar-refractivity contribution is -0.143. The molecule has 0 spiro atoms. The lowest BCUT2D eigenvalue weighted by Gasteiger charge is -2.14. The van der Waals surface area contributed by atoms with Gasteiger partial charge >= 0.3 is 5.97 Å². The molecule has 2 N–H and O–H groups in total. The number of hydrogen-bond donors (Lipinski definition) is 2. The van der Waals surface area contributed by atoms with Crippen LogP contribution >= 0.6 is 0 Å². The van der Waals surface area contributed by atoms with E-state index < -0.39 is 24.5 Å². The lowest BCUT2D eigenvalue weighted by Crippen LogP contribution is -2.44. The van der Waals surface area contributed by atoms with E-state index in [4.69, 9.17) is 5.11 Å². The van der Waals surface area contributed by atoms with Gasteiger partial charge in [-0.1, -0.05) is 0 Å². The number of methoxy groups -OCH3 is 1. The molecular weight excluding hydrogens is 236 g/mol. The largest absolute Gasteiger partial charge is 0.467 e. The second kappa shape index (κ2) is 6.11. The van der Waals surface area contributed by atoms with E-state index in [2.05, 4.69) is 15.0 Å². The highest BCUT2D eigenvalue weighted by atomic mass is 16.5. The Bertz CT molecular complexity index is 459. The first-order chi connectivity index (χ1) is 8.49. The Hall–Kier alpha value is -1.95. The van der Waals surface area contributed by atoms with E-state index in [1.165, 1.54) is 7.11 Å². The highest BCUT2D eigenvalue weighted by Crippen LogP contribution is 2.06. The summed E-state index contributed by atoms with van der Waals surface area (Å²) in [6.07, 6.45) is 0. The molecule has 98 valence electrons. The predicted octanol–water partition coefficient (Wildman–Crippen LogP) is -0.0379. The molecule has 1 aromatic rings. The number of nitrogens with zero attached hydrogens (tertiary/aromatic N) is 1. The summed E-state index contributed by atoms with van der Waals surface area (Å²) in [5.41, 5.74) is 1.73. The number of aromatic nitrogens is 1. The Morgan fingerprint density at radius 3 is 2.61 bits per heavy atom. The molecule has 0 fully saturated rings. The lowest BCUT2D eigenvalue weighted by atomic mass is 10.1. The summed E-state index contributed by atoms with van der Waals surface area (Å²) in [5.74, 6) is -1.16. The van der Waals surface area contributed by atoms with Gasteiger partial charge in [-0.05, 0) is 26.0 Å². The molecular formula is C12H16N2O4. The van der Waals surface area contributed by atoms with Crippen LogP contribution in [0, 0.1) is 13.8 Å². The molecule has 18 heavy (non-hydrogen) atoms. The van der Waals surface area contributed by atoms with Gasteiger partial charge < -0.3 is 15.2 Å². The zero-order valence-corrected chi connectivity index (χ0v) is 10.6. The first-order valence-corrected chi connectivity index (χ1v) is 5.43.